The molecule has 3 heteroatoms. The first-order valence-corrected chi connectivity index (χ1v) is 7.21. The molecule has 0 unspecified atom stereocenters. The molecular formula is C17H18ClNO. The molecule has 0 heterocycles. The number of hydrogen-bond acceptors (Lipinski definition) is 1. The smallest absolute Gasteiger partial charge is 0.228 e. The third kappa shape index (κ3) is 4.39. The number of alkyl halides is 1. The van der Waals surface area contributed by atoms with E-state index in [4.69, 9.17) is 11.6 Å². The number of halogens is 1. The fourth-order valence-corrected chi connectivity index (χ4v) is 2.29. The van der Waals surface area contributed by atoms with E-state index in [1.54, 1.807) is 0 Å². The average Bonchev–Trinajstić information content (AvgIpc) is 2.41. The van der Waals surface area contributed by atoms with Crippen molar-refractivity contribution in [1.29, 1.82) is 0 Å². The zero-order valence-electron chi connectivity index (χ0n) is 11.5. The van der Waals surface area contributed by atoms with Crippen LogP contribution in [0.2, 0.25) is 0 Å². The summed E-state index contributed by atoms with van der Waals surface area (Å²) in [6.45, 7) is 2.02. The van der Waals surface area contributed by atoms with Crippen LogP contribution >= 0.6 is 11.6 Å². The molecule has 0 aliphatic carbocycles. The molecule has 2 rings (SSSR count). The molecule has 0 saturated carbocycles. The summed E-state index contributed by atoms with van der Waals surface area (Å²) in [5.74, 6) is 0.611. The van der Waals surface area contributed by atoms with Gasteiger partial charge < -0.3 is 5.32 Å². The zero-order valence-corrected chi connectivity index (χ0v) is 12.3. The van der Waals surface area contributed by atoms with Gasteiger partial charge in [-0.2, -0.15) is 0 Å². The minimum absolute atomic E-state index is 0.000642. The first kappa shape index (κ1) is 14.6. The van der Waals surface area contributed by atoms with Gasteiger partial charge in [0.2, 0.25) is 5.91 Å². The van der Waals surface area contributed by atoms with Gasteiger partial charge in [-0.05, 0) is 36.6 Å². The van der Waals surface area contributed by atoms with Crippen LogP contribution in [0.5, 0.6) is 0 Å². The molecule has 0 bridgehead atoms. The van der Waals surface area contributed by atoms with Crippen LogP contribution in [0.4, 0.5) is 5.69 Å². The maximum atomic E-state index is 12.0. The number of carbonyl (C=O) groups excluding carboxylic acids is 1. The van der Waals surface area contributed by atoms with Crippen molar-refractivity contribution in [3.05, 3.63) is 65.2 Å². The lowest BCUT2D eigenvalue weighted by Gasteiger charge is -2.07. The molecule has 1 N–H and O–H groups in total. The molecule has 20 heavy (non-hydrogen) atoms. The van der Waals surface area contributed by atoms with Crippen molar-refractivity contribution in [1.82, 2.24) is 0 Å². The number of nitrogens with one attached hydrogen (secondary N) is 1. The number of amides is 1. The number of aryl methyl sites for hydroxylation is 2. The van der Waals surface area contributed by atoms with Gasteiger partial charge in [0.05, 0.1) is 6.42 Å². The second-order valence-corrected chi connectivity index (χ2v) is 5.23. The maximum absolute atomic E-state index is 12.0. The van der Waals surface area contributed by atoms with E-state index in [1.807, 2.05) is 55.5 Å². The third-order valence-corrected chi connectivity index (χ3v) is 3.26. The Balaban J connectivity index is 1.94. The Morgan fingerprint density at radius 3 is 2.50 bits per heavy atom. The Hall–Kier alpha value is -1.80. The second kappa shape index (κ2) is 7.11. The summed E-state index contributed by atoms with van der Waals surface area (Å²) >= 11 is 5.69. The Morgan fingerprint density at radius 2 is 1.85 bits per heavy atom. The van der Waals surface area contributed by atoms with Gasteiger partial charge in [0.25, 0.3) is 0 Å². The monoisotopic (exact) mass is 287 g/mol. The Bertz CT molecular complexity index is 578. The summed E-state index contributed by atoms with van der Waals surface area (Å²) in [5.41, 5.74) is 4.19. The first-order chi connectivity index (χ1) is 9.67. The predicted molar refractivity (Wildman–Crippen MR) is 84.4 cm³/mol. The maximum Gasteiger partial charge on any atom is 0.228 e. The van der Waals surface area contributed by atoms with E-state index in [-0.39, 0.29) is 5.91 Å². The predicted octanol–water partition coefficient (Wildman–Crippen LogP) is 3.96. The third-order valence-electron chi connectivity index (χ3n) is 3.07. The summed E-state index contributed by atoms with van der Waals surface area (Å²) in [5, 5.41) is 2.91. The lowest BCUT2D eigenvalue weighted by Crippen LogP contribution is -2.14. The van der Waals surface area contributed by atoms with Crippen molar-refractivity contribution in [3.63, 3.8) is 0 Å². The molecule has 2 aromatic rings. The van der Waals surface area contributed by atoms with Crippen LogP contribution in [0.25, 0.3) is 0 Å². The highest BCUT2D eigenvalue weighted by Gasteiger charge is 2.04. The molecule has 1 amide bonds. The van der Waals surface area contributed by atoms with E-state index in [0.29, 0.717) is 12.3 Å². The second-order valence-electron chi connectivity index (χ2n) is 4.85. The van der Waals surface area contributed by atoms with Gasteiger partial charge in [-0.15, -0.1) is 11.6 Å². The number of benzene rings is 2. The van der Waals surface area contributed by atoms with Crippen LogP contribution in [0.3, 0.4) is 0 Å². The molecule has 0 aromatic heterocycles. The minimum Gasteiger partial charge on any atom is -0.326 e. The average molecular weight is 288 g/mol. The fraction of sp³-hybridized carbons (Fsp3) is 0.235. The van der Waals surface area contributed by atoms with E-state index in [1.165, 1.54) is 11.1 Å². The van der Waals surface area contributed by atoms with Crippen LogP contribution in [0, 0.1) is 6.92 Å². The Morgan fingerprint density at radius 1 is 1.10 bits per heavy atom. The SMILES string of the molecule is Cc1cccc(CC(=O)Nc2ccc(CCCl)cc2)c1. The molecule has 0 aliphatic rings. The summed E-state index contributed by atoms with van der Waals surface area (Å²) in [6, 6.07) is 15.8. The molecule has 0 fully saturated rings. The largest absolute Gasteiger partial charge is 0.326 e. The first-order valence-electron chi connectivity index (χ1n) is 6.67. The van der Waals surface area contributed by atoms with Crippen molar-refractivity contribution in [2.24, 2.45) is 0 Å². The molecule has 2 nitrogen and oxygen atoms in total. The summed E-state index contributed by atoms with van der Waals surface area (Å²) in [6.07, 6.45) is 1.24. The highest BCUT2D eigenvalue weighted by atomic mass is 35.5. The topological polar surface area (TPSA) is 29.1 Å². The van der Waals surface area contributed by atoms with Gasteiger partial charge in [-0.3, -0.25) is 4.79 Å². The van der Waals surface area contributed by atoms with Crippen LogP contribution in [0.15, 0.2) is 48.5 Å². The molecule has 0 spiro atoms. The van der Waals surface area contributed by atoms with E-state index in [2.05, 4.69) is 5.32 Å². The van der Waals surface area contributed by atoms with Gasteiger partial charge in [-0.25, -0.2) is 0 Å². The molecule has 0 saturated heterocycles. The van der Waals surface area contributed by atoms with Crippen molar-refractivity contribution < 1.29 is 4.79 Å². The van der Waals surface area contributed by atoms with Gasteiger partial charge in [-0.1, -0.05) is 42.0 Å². The highest BCUT2D eigenvalue weighted by Crippen LogP contribution is 2.12. The molecule has 104 valence electrons. The Labute approximate surface area is 124 Å². The quantitative estimate of drug-likeness (QED) is 0.829. The highest BCUT2D eigenvalue weighted by molar-refractivity contribution is 6.18. The van der Waals surface area contributed by atoms with Crippen molar-refractivity contribution in [2.45, 2.75) is 19.8 Å². The molecular weight excluding hydrogens is 270 g/mol. The van der Waals surface area contributed by atoms with Crippen molar-refractivity contribution in [2.75, 3.05) is 11.2 Å². The molecule has 0 aliphatic heterocycles. The van der Waals surface area contributed by atoms with Crippen LogP contribution < -0.4 is 5.32 Å². The standard InChI is InChI=1S/C17H18ClNO/c1-13-3-2-4-15(11-13)12-17(20)19-16-7-5-14(6-8-16)9-10-18/h2-8,11H,9-10,12H2,1H3,(H,19,20). The van der Waals surface area contributed by atoms with Crippen molar-refractivity contribution in [3.8, 4) is 0 Å². The Kier molecular flexibility index (Phi) is 5.19. The van der Waals surface area contributed by atoms with Crippen LogP contribution in [-0.2, 0) is 17.6 Å². The normalized spacial score (nSPS) is 10.3. The van der Waals surface area contributed by atoms with E-state index >= 15 is 0 Å². The van der Waals surface area contributed by atoms with E-state index in [9.17, 15) is 4.79 Å². The lowest BCUT2D eigenvalue weighted by atomic mass is 10.1. The van der Waals surface area contributed by atoms with E-state index < -0.39 is 0 Å². The zero-order chi connectivity index (χ0) is 14.4. The number of hydrogen-bond donors (Lipinski definition) is 1. The lowest BCUT2D eigenvalue weighted by molar-refractivity contribution is -0.115. The molecule has 0 radical (unpaired) electrons. The van der Waals surface area contributed by atoms with E-state index in [0.717, 1.165) is 17.7 Å². The summed E-state index contributed by atoms with van der Waals surface area (Å²) in [4.78, 5) is 12.0. The molecule has 0 atom stereocenters. The number of rotatable bonds is 5. The van der Waals surface area contributed by atoms with Gasteiger partial charge >= 0.3 is 0 Å². The number of anilines is 1. The van der Waals surface area contributed by atoms with Crippen molar-refractivity contribution >= 4 is 23.2 Å². The number of carbonyl (C=O) groups is 1. The fourth-order valence-electron chi connectivity index (χ4n) is 2.08. The minimum atomic E-state index is 0.000642. The van der Waals surface area contributed by atoms with Gasteiger partial charge in [0.1, 0.15) is 0 Å². The summed E-state index contributed by atoms with van der Waals surface area (Å²) in [7, 11) is 0. The van der Waals surface area contributed by atoms with Crippen LogP contribution in [-0.4, -0.2) is 11.8 Å². The van der Waals surface area contributed by atoms with Gasteiger partial charge in [0, 0.05) is 11.6 Å². The van der Waals surface area contributed by atoms with Crippen LogP contribution in [0.1, 0.15) is 16.7 Å². The summed E-state index contributed by atoms with van der Waals surface area (Å²) < 4.78 is 0. The molecule has 2 aromatic carbocycles. The van der Waals surface area contributed by atoms with Gasteiger partial charge in [0.15, 0.2) is 0 Å².